The first-order valence-electron chi connectivity index (χ1n) is 5.76. The Morgan fingerprint density at radius 2 is 1.94 bits per heavy atom. The van der Waals surface area contributed by atoms with Gasteiger partial charge in [0.2, 0.25) is 0 Å². The van der Waals surface area contributed by atoms with Gasteiger partial charge in [-0.25, -0.2) is 0 Å². The first-order chi connectivity index (χ1) is 8.09. The van der Waals surface area contributed by atoms with E-state index in [1.165, 1.54) is 0 Å². The quantitative estimate of drug-likeness (QED) is 0.872. The molecule has 0 aromatic heterocycles. The lowest BCUT2D eigenvalue weighted by Gasteiger charge is -2.22. The molecule has 1 aromatic rings. The lowest BCUT2D eigenvalue weighted by Crippen LogP contribution is -2.27. The van der Waals surface area contributed by atoms with Gasteiger partial charge < -0.3 is 10.2 Å². The summed E-state index contributed by atoms with van der Waals surface area (Å²) in [7, 11) is 0. The summed E-state index contributed by atoms with van der Waals surface area (Å²) in [5.41, 5.74) is 0.716. The normalized spacial score (nSPS) is 25.8. The fraction of sp³-hybridized carbons (Fsp3) is 0.462. The molecule has 3 unspecified atom stereocenters. The lowest BCUT2D eigenvalue weighted by atomic mass is 9.84. The minimum atomic E-state index is -0.877. The molecule has 17 heavy (non-hydrogen) atoms. The fourth-order valence-electron chi connectivity index (χ4n) is 2.60. The lowest BCUT2D eigenvalue weighted by molar-refractivity contribution is -0.141. The first kappa shape index (κ1) is 12.4. The van der Waals surface area contributed by atoms with E-state index in [9.17, 15) is 15.0 Å². The van der Waals surface area contributed by atoms with Gasteiger partial charge in [0.1, 0.15) is 0 Å². The van der Waals surface area contributed by atoms with E-state index in [4.69, 9.17) is 11.6 Å². The highest BCUT2D eigenvalue weighted by Crippen LogP contribution is 2.38. The Kier molecular flexibility index (Phi) is 3.69. The Labute approximate surface area is 105 Å². The number of aliphatic carboxylic acids is 1. The summed E-state index contributed by atoms with van der Waals surface area (Å²) in [5.74, 6) is -1.70. The van der Waals surface area contributed by atoms with Gasteiger partial charge in [-0.05, 0) is 30.5 Å². The summed E-state index contributed by atoms with van der Waals surface area (Å²) < 4.78 is 0. The van der Waals surface area contributed by atoms with Gasteiger partial charge in [-0.3, -0.25) is 4.79 Å². The number of carboxylic acid groups (broad SMARTS) is 1. The number of carboxylic acids is 1. The predicted molar refractivity (Wildman–Crippen MR) is 65.2 cm³/mol. The molecule has 4 heteroatoms. The molecule has 0 saturated heterocycles. The number of aliphatic hydroxyl groups excluding tert-OH is 1. The molecule has 1 fully saturated rings. The largest absolute Gasteiger partial charge is 0.481 e. The van der Waals surface area contributed by atoms with Crippen LogP contribution < -0.4 is 0 Å². The van der Waals surface area contributed by atoms with Crippen LogP contribution in [0.15, 0.2) is 24.3 Å². The zero-order valence-corrected chi connectivity index (χ0v) is 10.1. The second-order valence-corrected chi connectivity index (χ2v) is 4.97. The summed E-state index contributed by atoms with van der Waals surface area (Å²) in [4.78, 5) is 11.4. The van der Waals surface area contributed by atoms with E-state index < -0.39 is 18.0 Å². The van der Waals surface area contributed by atoms with Gasteiger partial charge in [-0.2, -0.15) is 0 Å². The molecular formula is C13H15ClO3. The van der Waals surface area contributed by atoms with Crippen LogP contribution in [0.1, 0.15) is 30.7 Å². The molecule has 0 bridgehead atoms. The van der Waals surface area contributed by atoms with Crippen LogP contribution in [0.3, 0.4) is 0 Å². The third-order valence-electron chi connectivity index (χ3n) is 3.45. The molecule has 2 rings (SSSR count). The molecule has 0 radical (unpaired) electrons. The maximum atomic E-state index is 11.4. The van der Waals surface area contributed by atoms with Gasteiger partial charge in [0.15, 0.2) is 0 Å². The second kappa shape index (κ2) is 5.07. The summed E-state index contributed by atoms with van der Waals surface area (Å²) in [6, 6.07) is 6.83. The van der Waals surface area contributed by atoms with Crippen LogP contribution in [0.5, 0.6) is 0 Å². The number of hydrogen-bond acceptors (Lipinski definition) is 2. The molecule has 1 aromatic carbocycles. The van der Waals surface area contributed by atoms with E-state index in [2.05, 4.69) is 0 Å². The highest BCUT2D eigenvalue weighted by molar-refractivity contribution is 6.30. The number of rotatable bonds is 3. The number of carbonyl (C=O) groups is 1. The van der Waals surface area contributed by atoms with Crippen molar-refractivity contribution in [3.05, 3.63) is 34.9 Å². The summed E-state index contributed by atoms with van der Waals surface area (Å²) in [5, 5.41) is 19.8. The Morgan fingerprint density at radius 1 is 1.29 bits per heavy atom. The maximum absolute atomic E-state index is 11.4. The van der Waals surface area contributed by atoms with E-state index in [1.807, 2.05) is 0 Å². The summed E-state index contributed by atoms with van der Waals surface area (Å²) in [6.07, 6.45) is 1.85. The van der Waals surface area contributed by atoms with E-state index in [1.54, 1.807) is 24.3 Å². The minimum absolute atomic E-state index is 0.186. The molecule has 0 aliphatic heterocycles. The average Bonchev–Trinajstić information content (AvgIpc) is 2.68. The molecule has 1 saturated carbocycles. The molecule has 92 valence electrons. The zero-order valence-electron chi connectivity index (χ0n) is 9.34. The molecule has 3 nitrogen and oxygen atoms in total. The number of halogens is 1. The van der Waals surface area contributed by atoms with Crippen LogP contribution in [-0.2, 0) is 4.79 Å². The van der Waals surface area contributed by atoms with Crippen molar-refractivity contribution < 1.29 is 15.0 Å². The Morgan fingerprint density at radius 3 is 2.41 bits per heavy atom. The highest BCUT2D eigenvalue weighted by atomic mass is 35.5. The van der Waals surface area contributed by atoms with Gasteiger partial charge in [0, 0.05) is 10.9 Å². The van der Waals surface area contributed by atoms with Crippen molar-refractivity contribution in [2.45, 2.75) is 31.3 Å². The minimum Gasteiger partial charge on any atom is -0.481 e. The fourth-order valence-corrected chi connectivity index (χ4v) is 2.73. The van der Waals surface area contributed by atoms with Crippen molar-refractivity contribution in [3.8, 4) is 0 Å². The molecule has 2 N–H and O–H groups in total. The monoisotopic (exact) mass is 254 g/mol. The maximum Gasteiger partial charge on any atom is 0.311 e. The molecule has 3 atom stereocenters. The van der Waals surface area contributed by atoms with Gasteiger partial charge in [-0.1, -0.05) is 30.2 Å². The van der Waals surface area contributed by atoms with Crippen LogP contribution in [0, 0.1) is 5.92 Å². The summed E-state index contributed by atoms with van der Waals surface area (Å²) >= 11 is 5.79. The van der Waals surface area contributed by atoms with E-state index in [0.29, 0.717) is 17.0 Å². The average molecular weight is 255 g/mol. The van der Waals surface area contributed by atoms with Crippen LogP contribution >= 0.6 is 11.6 Å². The Hall–Kier alpha value is -1.06. The molecule has 0 amide bonds. The van der Waals surface area contributed by atoms with Crippen molar-refractivity contribution in [1.29, 1.82) is 0 Å². The van der Waals surface area contributed by atoms with E-state index >= 15 is 0 Å². The van der Waals surface area contributed by atoms with Crippen molar-refractivity contribution in [3.63, 3.8) is 0 Å². The third-order valence-corrected chi connectivity index (χ3v) is 3.71. The standard InChI is InChI=1S/C13H15ClO3/c14-9-6-4-8(5-7-9)12(13(16)17)10-2-1-3-11(10)15/h4-7,10-12,15H,1-3H2,(H,16,17). The van der Waals surface area contributed by atoms with Crippen LogP contribution in [0.25, 0.3) is 0 Å². The molecule has 0 heterocycles. The van der Waals surface area contributed by atoms with Crippen LogP contribution in [0.2, 0.25) is 5.02 Å². The second-order valence-electron chi connectivity index (χ2n) is 4.53. The van der Waals surface area contributed by atoms with Gasteiger partial charge in [0.25, 0.3) is 0 Å². The highest BCUT2D eigenvalue weighted by Gasteiger charge is 2.37. The molecule has 1 aliphatic carbocycles. The topological polar surface area (TPSA) is 57.5 Å². The SMILES string of the molecule is O=C(O)C(c1ccc(Cl)cc1)C1CCCC1O. The van der Waals surface area contributed by atoms with E-state index in [0.717, 1.165) is 12.8 Å². The molecule has 1 aliphatic rings. The van der Waals surface area contributed by atoms with Crippen molar-refractivity contribution in [2.24, 2.45) is 5.92 Å². The van der Waals surface area contributed by atoms with Crippen LogP contribution in [-0.4, -0.2) is 22.3 Å². The van der Waals surface area contributed by atoms with Gasteiger partial charge in [-0.15, -0.1) is 0 Å². The smallest absolute Gasteiger partial charge is 0.311 e. The summed E-state index contributed by atoms with van der Waals surface area (Å²) in [6.45, 7) is 0. The van der Waals surface area contributed by atoms with Crippen molar-refractivity contribution in [1.82, 2.24) is 0 Å². The number of benzene rings is 1. The number of aliphatic hydroxyl groups is 1. The van der Waals surface area contributed by atoms with Crippen LogP contribution in [0.4, 0.5) is 0 Å². The van der Waals surface area contributed by atoms with E-state index in [-0.39, 0.29) is 5.92 Å². The third kappa shape index (κ3) is 2.61. The van der Waals surface area contributed by atoms with Gasteiger partial charge >= 0.3 is 5.97 Å². The predicted octanol–water partition coefficient (Wildman–Crippen LogP) is 2.67. The van der Waals surface area contributed by atoms with Gasteiger partial charge in [0.05, 0.1) is 12.0 Å². The Balaban J connectivity index is 2.28. The van der Waals surface area contributed by atoms with Crippen molar-refractivity contribution in [2.75, 3.05) is 0 Å². The van der Waals surface area contributed by atoms with Crippen molar-refractivity contribution >= 4 is 17.6 Å². The first-order valence-corrected chi connectivity index (χ1v) is 6.13. The molecule has 0 spiro atoms. The molecular weight excluding hydrogens is 240 g/mol. The zero-order chi connectivity index (χ0) is 12.4. The Bertz CT molecular complexity index is 402. The number of hydrogen-bond donors (Lipinski definition) is 2.